The molecule has 2 rings (SSSR count). The van der Waals surface area contributed by atoms with Crippen LogP contribution in [0.25, 0.3) is 0 Å². The van der Waals surface area contributed by atoms with Gasteiger partial charge in [-0.05, 0) is 24.6 Å². The van der Waals surface area contributed by atoms with E-state index in [0.29, 0.717) is 22.8 Å². The quantitative estimate of drug-likeness (QED) is 0.603. The predicted molar refractivity (Wildman–Crippen MR) is 81.7 cm³/mol. The molecule has 116 valence electrons. The van der Waals surface area contributed by atoms with Gasteiger partial charge in [0.1, 0.15) is 6.61 Å². The van der Waals surface area contributed by atoms with E-state index in [2.05, 4.69) is 0 Å². The average Bonchev–Trinajstić information content (AvgIpc) is 2.53. The first kappa shape index (κ1) is 15.6. The Morgan fingerprint density at radius 1 is 1.05 bits per heavy atom. The number of nitro groups is 1. The summed E-state index contributed by atoms with van der Waals surface area (Å²) < 4.78 is 16.3. The van der Waals surface area contributed by atoms with Gasteiger partial charge in [-0.2, -0.15) is 0 Å². The molecule has 0 saturated carbocycles. The van der Waals surface area contributed by atoms with Crippen molar-refractivity contribution < 1.29 is 19.1 Å². The van der Waals surface area contributed by atoms with Crippen LogP contribution in [0.2, 0.25) is 0 Å². The Balaban J connectivity index is 2.28. The molecule has 6 heteroatoms. The number of nitro benzene ring substituents is 1. The number of hydrogen-bond donors (Lipinski definition) is 0. The van der Waals surface area contributed by atoms with Crippen LogP contribution in [0.5, 0.6) is 17.2 Å². The summed E-state index contributed by atoms with van der Waals surface area (Å²) in [6, 6.07) is 10.2. The monoisotopic (exact) mass is 303 g/mol. The van der Waals surface area contributed by atoms with Gasteiger partial charge in [-0.3, -0.25) is 10.1 Å². The average molecular weight is 303 g/mol. The van der Waals surface area contributed by atoms with Crippen LogP contribution in [0.4, 0.5) is 5.69 Å². The van der Waals surface area contributed by atoms with Crippen molar-refractivity contribution in [2.45, 2.75) is 13.5 Å². The second-order valence-corrected chi connectivity index (χ2v) is 4.60. The third kappa shape index (κ3) is 3.11. The van der Waals surface area contributed by atoms with Crippen LogP contribution in [-0.2, 0) is 6.61 Å². The number of para-hydroxylation sites is 1. The van der Waals surface area contributed by atoms with Crippen molar-refractivity contribution in [2.24, 2.45) is 0 Å². The summed E-state index contributed by atoms with van der Waals surface area (Å²) in [6.07, 6.45) is 0. The van der Waals surface area contributed by atoms with E-state index in [-0.39, 0.29) is 12.3 Å². The van der Waals surface area contributed by atoms with Crippen LogP contribution in [-0.4, -0.2) is 19.1 Å². The summed E-state index contributed by atoms with van der Waals surface area (Å²) in [7, 11) is 3.08. The zero-order chi connectivity index (χ0) is 16.1. The summed E-state index contributed by atoms with van der Waals surface area (Å²) in [6.45, 7) is 1.89. The molecule has 0 unspecified atom stereocenters. The van der Waals surface area contributed by atoms with Gasteiger partial charge in [0.05, 0.1) is 19.1 Å². The first-order valence-corrected chi connectivity index (χ1v) is 6.65. The van der Waals surface area contributed by atoms with E-state index >= 15 is 0 Å². The van der Waals surface area contributed by atoms with Crippen molar-refractivity contribution in [3.63, 3.8) is 0 Å². The molecule has 2 aromatic carbocycles. The minimum Gasteiger partial charge on any atom is -0.493 e. The Hall–Kier alpha value is -2.76. The number of hydrogen-bond acceptors (Lipinski definition) is 5. The van der Waals surface area contributed by atoms with Gasteiger partial charge in [0.25, 0.3) is 5.69 Å². The first-order valence-electron chi connectivity index (χ1n) is 6.65. The highest BCUT2D eigenvalue weighted by Crippen LogP contribution is 2.37. The van der Waals surface area contributed by atoms with Crippen LogP contribution in [0.3, 0.4) is 0 Å². The molecular formula is C16H17NO5. The molecule has 22 heavy (non-hydrogen) atoms. The van der Waals surface area contributed by atoms with Crippen molar-refractivity contribution >= 4 is 5.69 Å². The largest absolute Gasteiger partial charge is 0.493 e. The van der Waals surface area contributed by atoms with Gasteiger partial charge in [-0.25, -0.2) is 0 Å². The molecule has 0 bridgehead atoms. The lowest BCUT2D eigenvalue weighted by molar-refractivity contribution is -0.385. The minimum absolute atomic E-state index is 0.0769. The molecule has 0 radical (unpaired) electrons. The number of ether oxygens (including phenoxy) is 3. The van der Waals surface area contributed by atoms with E-state index in [0.717, 1.165) is 5.56 Å². The molecule has 0 N–H and O–H groups in total. The SMILES string of the molecule is COc1cccc(OC)c1OCc1cccc([N+](=O)[O-])c1C. The molecule has 6 nitrogen and oxygen atoms in total. The molecule has 0 atom stereocenters. The zero-order valence-corrected chi connectivity index (χ0v) is 12.7. The van der Waals surface area contributed by atoms with Crippen molar-refractivity contribution in [3.05, 3.63) is 57.6 Å². The van der Waals surface area contributed by atoms with Crippen LogP contribution in [0.15, 0.2) is 36.4 Å². The summed E-state index contributed by atoms with van der Waals surface area (Å²) in [5, 5.41) is 11.0. The van der Waals surface area contributed by atoms with Gasteiger partial charge in [0, 0.05) is 11.6 Å². The highest BCUT2D eigenvalue weighted by atomic mass is 16.6. The van der Waals surface area contributed by atoms with Gasteiger partial charge in [-0.1, -0.05) is 18.2 Å². The smallest absolute Gasteiger partial charge is 0.272 e. The molecular weight excluding hydrogens is 286 g/mol. The zero-order valence-electron chi connectivity index (χ0n) is 12.7. The molecule has 0 saturated heterocycles. The predicted octanol–water partition coefficient (Wildman–Crippen LogP) is 3.50. The van der Waals surface area contributed by atoms with E-state index in [1.54, 1.807) is 51.5 Å². The maximum atomic E-state index is 11.0. The van der Waals surface area contributed by atoms with Crippen molar-refractivity contribution in [1.82, 2.24) is 0 Å². The molecule has 0 heterocycles. The molecule has 0 aromatic heterocycles. The number of methoxy groups -OCH3 is 2. The second kappa shape index (κ2) is 6.80. The lowest BCUT2D eigenvalue weighted by atomic mass is 10.1. The fourth-order valence-corrected chi connectivity index (χ4v) is 2.13. The molecule has 0 spiro atoms. The van der Waals surface area contributed by atoms with Crippen LogP contribution < -0.4 is 14.2 Å². The highest BCUT2D eigenvalue weighted by molar-refractivity contribution is 5.51. The number of nitrogens with zero attached hydrogens (tertiary/aromatic N) is 1. The van der Waals surface area contributed by atoms with Gasteiger partial charge >= 0.3 is 0 Å². The van der Waals surface area contributed by atoms with Crippen LogP contribution >= 0.6 is 0 Å². The summed E-state index contributed by atoms with van der Waals surface area (Å²) in [5.41, 5.74) is 1.40. The third-order valence-corrected chi connectivity index (χ3v) is 3.37. The Kier molecular flexibility index (Phi) is 4.83. The highest BCUT2D eigenvalue weighted by Gasteiger charge is 2.16. The normalized spacial score (nSPS) is 10.1. The topological polar surface area (TPSA) is 70.8 Å². The lowest BCUT2D eigenvalue weighted by Crippen LogP contribution is -2.03. The molecule has 0 aliphatic rings. The van der Waals surface area contributed by atoms with Gasteiger partial charge in [-0.15, -0.1) is 0 Å². The third-order valence-electron chi connectivity index (χ3n) is 3.37. The Morgan fingerprint density at radius 3 is 2.18 bits per heavy atom. The van der Waals surface area contributed by atoms with E-state index in [1.807, 2.05) is 0 Å². The Bertz CT molecular complexity index is 662. The fraction of sp³-hybridized carbons (Fsp3) is 0.250. The summed E-state index contributed by atoms with van der Waals surface area (Å²) in [4.78, 5) is 10.6. The second-order valence-electron chi connectivity index (χ2n) is 4.60. The number of benzene rings is 2. The Labute approximate surface area is 128 Å². The summed E-state index contributed by atoms with van der Waals surface area (Å²) in [5.74, 6) is 1.56. The van der Waals surface area contributed by atoms with E-state index in [1.165, 1.54) is 6.07 Å². The number of rotatable bonds is 6. The van der Waals surface area contributed by atoms with Gasteiger partial charge in [0.2, 0.25) is 5.75 Å². The van der Waals surface area contributed by atoms with Crippen molar-refractivity contribution in [2.75, 3.05) is 14.2 Å². The molecule has 0 aliphatic carbocycles. The molecule has 0 amide bonds. The maximum Gasteiger partial charge on any atom is 0.272 e. The molecule has 0 aliphatic heterocycles. The van der Waals surface area contributed by atoms with E-state index in [9.17, 15) is 10.1 Å². The van der Waals surface area contributed by atoms with Crippen molar-refractivity contribution in [1.29, 1.82) is 0 Å². The van der Waals surface area contributed by atoms with Crippen molar-refractivity contribution in [3.8, 4) is 17.2 Å². The van der Waals surface area contributed by atoms with Gasteiger partial charge in [0.15, 0.2) is 11.5 Å². The van der Waals surface area contributed by atoms with Crippen LogP contribution in [0.1, 0.15) is 11.1 Å². The first-order chi connectivity index (χ1) is 10.6. The minimum atomic E-state index is -0.400. The molecule has 2 aromatic rings. The summed E-state index contributed by atoms with van der Waals surface area (Å²) >= 11 is 0. The van der Waals surface area contributed by atoms with E-state index in [4.69, 9.17) is 14.2 Å². The molecule has 0 fully saturated rings. The standard InChI is InChI=1S/C16H17NO5/c1-11-12(6-4-7-13(11)17(18)19)10-22-16-14(20-2)8-5-9-15(16)21-3/h4-9H,10H2,1-3H3. The van der Waals surface area contributed by atoms with Gasteiger partial charge < -0.3 is 14.2 Å². The lowest BCUT2D eigenvalue weighted by Gasteiger charge is -2.15. The van der Waals surface area contributed by atoms with E-state index < -0.39 is 4.92 Å². The van der Waals surface area contributed by atoms with Crippen LogP contribution in [0, 0.1) is 17.0 Å². The maximum absolute atomic E-state index is 11.0. The fourth-order valence-electron chi connectivity index (χ4n) is 2.13. The Morgan fingerprint density at radius 2 is 1.64 bits per heavy atom.